The molecule has 0 atom stereocenters. The molecule has 7 heteroatoms. The summed E-state index contributed by atoms with van der Waals surface area (Å²) in [6.45, 7) is 0.386. The Kier molecular flexibility index (Phi) is 6.51. The minimum absolute atomic E-state index is 0.142. The van der Waals surface area contributed by atoms with E-state index in [4.69, 9.17) is 17.0 Å². The van der Waals surface area contributed by atoms with Gasteiger partial charge in [0.2, 0.25) is 0 Å². The van der Waals surface area contributed by atoms with Gasteiger partial charge in [0.1, 0.15) is 6.61 Å². The molecular weight excluding hydrogens is 426 g/mol. The van der Waals surface area contributed by atoms with Gasteiger partial charge in [0.05, 0.1) is 0 Å². The van der Waals surface area contributed by atoms with E-state index < -0.39 is 0 Å². The van der Waals surface area contributed by atoms with E-state index in [1.165, 1.54) is 0 Å². The number of nitrogens with zero attached hydrogens (tertiary/aromatic N) is 1. The second kappa shape index (κ2) is 9.25. The van der Waals surface area contributed by atoms with E-state index in [0.717, 1.165) is 10.0 Å². The van der Waals surface area contributed by atoms with Crippen LogP contribution in [0.1, 0.15) is 15.9 Å². The maximum atomic E-state index is 12.2. The van der Waals surface area contributed by atoms with Gasteiger partial charge < -0.3 is 10.1 Å². The molecule has 0 aliphatic rings. The Morgan fingerprint density at radius 3 is 2.44 bits per heavy atom. The number of pyridine rings is 1. The lowest BCUT2D eigenvalue weighted by atomic mass is 10.2. The summed E-state index contributed by atoms with van der Waals surface area (Å²) in [5.74, 6) is 0.647. The number of rotatable bonds is 5. The highest BCUT2D eigenvalue weighted by molar-refractivity contribution is 9.10. The molecule has 3 aromatic rings. The summed E-state index contributed by atoms with van der Waals surface area (Å²) in [5.41, 5.74) is 1.55. The van der Waals surface area contributed by atoms with Gasteiger partial charge in [-0.25, -0.2) is 4.98 Å². The summed E-state index contributed by atoms with van der Waals surface area (Å²) in [7, 11) is 0. The standard InChI is InChI=1S/C20H16BrN3O2S/c21-16-11-17(26-13-14-7-3-1-4-8-14)18(22-12-16)23-20(27)24-19(25)15-9-5-2-6-10-15/h1-12H,13H2,(H2,22,23,24,25,27). The van der Waals surface area contributed by atoms with E-state index in [9.17, 15) is 4.79 Å². The number of amides is 1. The first-order valence-corrected chi connectivity index (χ1v) is 9.31. The number of nitrogens with one attached hydrogen (secondary N) is 2. The zero-order valence-electron chi connectivity index (χ0n) is 14.2. The Morgan fingerprint density at radius 1 is 1.07 bits per heavy atom. The van der Waals surface area contributed by atoms with Crippen LogP contribution in [-0.4, -0.2) is 16.0 Å². The van der Waals surface area contributed by atoms with Crippen molar-refractivity contribution in [1.82, 2.24) is 10.3 Å². The molecule has 0 aliphatic heterocycles. The Morgan fingerprint density at radius 2 is 1.74 bits per heavy atom. The van der Waals surface area contributed by atoms with Gasteiger partial charge in [-0.3, -0.25) is 10.1 Å². The van der Waals surface area contributed by atoms with Crippen molar-refractivity contribution in [3.63, 3.8) is 0 Å². The second-order valence-corrected chi connectivity index (χ2v) is 6.87. The van der Waals surface area contributed by atoms with Gasteiger partial charge in [0.15, 0.2) is 16.7 Å². The first kappa shape index (κ1) is 19.0. The zero-order chi connectivity index (χ0) is 19.1. The van der Waals surface area contributed by atoms with Crippen molar-refractivity contribution in [3.05, 3.63) is 88.5 Å². The molecule has 1 amide bonds. The van der Waals surface area contributed by atoms with Crippen molar-refractivity contribution in [3.8, 4) is 5.75 Å². The topological polar surface area (TPSA) is 63.2 Å². The molecule has 0 unspecified atom stereocenters. The number of carbonyl (C=O) groups is 1. The largest absolute Gasteiger partial charge is 0.485 e. The van der Waals surface area contributed by atoms with E-state index >= 15 is 0 Å². The summed E-state index contributed by atoms with van der Waals surface area (Å²) in [6, 6.07) is 20.4. The van der Waals surface area contributed by atoms with E-state index in [1.54, 1.807) is 36.5 Å². The van der Waals surface area contributed by atoms with Crippen LogP contribution < -0.4 is 15.4 Å². The van der Waals surface area contributed by atoms with Crippen LogP contribution in [0.2, 0.25) is 0 Å². The van der Waals surface area contributed by atoms with Crippen molar-refractivity contribution < 1.29 is 9.53 Å². The highest BCUT2D eigenvalue weighted by Gasteiger charge is 2.12. The monoisotopic (exact) mass is 441 g/mol. The third-order valence-electron chi connectivity index (χ3n) is 3.55. The third kappa shape index (κ3) is 5.60. The van der Waals surface area contributed by atoms with Crippen LogP contribution in [0.3, 0.4) is 0 Å². The van der Waals surface area contributed by atoms with Gasteiger partial charge in [0.25, 0.3) is 5.91 Å². The maximum absolute atomic E-state index is 12.2. The summed E-state index contributed by atoms with van der Waals surface area (Å²) in [6.07, 6.45) is 1.62. The molecule has 0 saturated heterocycles. The highest BCUT2D eigenvalue weighted by Crippen LogP contribution is 2.26. The molecule has 136 valence electrons. The fourth-order valence-electron chi connectivity index (χ4n) is 2.26. The number of benzene rings is 2. The van der Waals surface area contributed by atoms with E-state index in [1.807, 2.05) is 36.4 Å². The van der Waals surface area contributed by atoms with Gasteiger partial charge in [-0.05, 0) is 51.9 Å². The van der Waals surface area contributed by atoms with Gasteiger partial charge in [0, 0.05) is 16.2 Å². The summed E-state index contributed by atoms with van der Waals surface area (Å²) in [5, 5.41) is 5.69. The van der Waals surface area contributed by atoms with Crippen molar-refractivity contribution in [1.29, 1.82) is 0 Å². The lowest BCUT2D eigenvalue weighted by Crippen LogP contribution is -2.34. The van der Waals surface area contributed by atoms with E-state index in [2.05, 4.69) is 31.5 Å². The molecule has 2 N–H and O–H groups in total. The minimum atomic E-state index is -0.294. The van der Waals surface area contributed by atoms with Crippen LogP contribution in [0.25, 0.3) is 0 Å². The molecular formula is C20H16BrN3O2S. The predicted molar refractivity (Wildman–Crippen MR) is 113 cm³/mol. The van der Waals surface area contributed by atoms with Crippen LogP contribution in [0, 0.1) is 0 Å². The molecule has 3 rings (SSSR count). The van der Waals surface area contributed by atoms with Crippen molar-refractivity contribution in [2.24, 2.45) is 0 Å². The average Bonchev–Trinajstić information content (AvgIpc) is 2.69. The molecule has 0 radical (unpaired) electrons. The van der Waals surface area contributed by atoms with Gasteiger partial charge in [-0.1, -0.05) is 48.5 Å². The molecule has 0 fully saturated rings. The molecule has 1 heterocycles. The molecule has 0 saturated carbocycles. The third-order valence-corrected chi connectivity index (χ3v) is 4.19. The average molecular weight is 442 g/mol. The van der Waals surface area contributed by atoms with Crippen LogP contribution in [0.5, 0.6) is 5.75 Å². The van der Waals surface area contributed by atoms with E-state index in [0.29, 0.717) is 23.7 Å². The van der Waals surface area contributed by atoms with Crippen molar-refractivity contribution >= 4 is 45.0 Å². The Bertz CT molecular complexity index is 936. The van der Waals surface area contributed by atoms with Gasteiger partial charge >= 0.3 is 0 Å². The van der Waals surface area contributed by atoms with E-state index in [-0.39, 0.29) is 11.0 Å². The first-order chi connectivity index (χ1) is 13.1. The Labute approximate surface area is 170 Å². The molecule has 0 bridgehead atoms. The number of aromatic nitrogens is 1. The molecule has 27 heavy (non-hydrogen) atoms. The minimum Gasteiger partial charge on any atom is -0.485 e. The number of thiocarbonyl (C=S) groups is 1. The van der Waals surface area contributed by atoms with Crippen molar-refractivity contribution in [2.75, 3.05) is 5.32 Å². The predicted octanol–water partition coefficient (Wildman–Crippen LogP) is 4.55. The number of hydrogen-bond acceptors (Lipinski definition) is 4. The second-order valence-electron chi connectivity index (χ2n) is 5.55. The van der Waals surface area contributed by atoms with Crippen molar-refractivity contribution in [2.45, 2.75) is 6.61 Å². The molecule has 0 aliphatic carbocycles. The smallest absolute Gasteiger partial charge is 0.257 e. The fourth-order valence-corrected chi connectivity index (χ4v) is 2.76. The molecule has 1 aromatic heterocycles. The quantitative estimate of drug-likeness (QED) is 0.568. The first-order valence-electron chi connectivity index (χ1n) is 8.11. The van der Waals surface area contributed by atoms with Gasteiger partial charge in [-0.2, -0.15) is 0 Å². The number of ether oxygens (including phenoxy) is 1. The van der Waals surface area contributed by atoms with Crippen LogP contribution in [0.15, 0.2) is 77.4 Å². The lowest BCUT2D eigenvalue weighted by molar-refractivity contribution is 0.0977. The lowest BCUT2D eigenvalue weighted by Gasteiger charge is -2.14. The van der Waals surface area contributed by atoms with Gasteiger partial charge in [-0.15, -0.1) is 0 Å². The molecule has 5 nitrogen and oxygen atoms in total. The number of carbonyl (C=O) groups excluding carboxylic acids is 1. The maximum Gasteiger partial charge on any atom is 0.257 e. The molecule has 2 aromatic carbocycles. The summed E-state index contributed by atoms with van der Waals surface area (Å²) >= 11 is 8.62. The van der Waals surface area contributed by atoms with Crippen LogP contribution in [0.4, 0.5) is 5.82 Å². The van der Waals surface area contributed by atoms with Crippen LogP contribution >= 0.6 is 28.1 Å². The zero-order valence-corrected chi connectivity index (χ0v) is 16.6. The Hall–Kier alpha value is -2.77. The fraction of sp³-hybridized carbons (Fsp3) is 0.0500. The van der Waals surface area contributed by atoms with Crippen LogP contribution in [-0.2, 0) is 6.61 Å². The Balaban J connectivity index is 1.67. The highest BCUT2D eigenvalue weighted by atomic mass is 79.9. The summed E-state index contributed by atoms with van der Waals surface area (Å²) < 4.78 is 6.64. The normalized spacial score (nSPS) is 10.1. The summed E-state index contributed by atoms with van der Waals surface area (Å²) in [4.78, 5) is 16.5. The SMILES string of the molecule is O=C(NC(=S)Nc1ncc(Br)cc1OCc1ccccc1)c1ccccc1. The number of hydrogen-bond donors (Lipinski definition) is 2. The molecule has 0 spiro atoms. The number of halogens is 1. The number of anilines is 1.